The minimum absolute atomic E-state index is 0.0850. The van der Waals surface area contributed by atoms with Gasteiger partial charge in [0.15, 0.2) is 17.2 Å². The fourth-order valence-electron chi connectivity index (χ4n) is 2.89. The van der Waals surface area contributed by atoms with E-state index in [1.807, 2.05) is 0 Å². The molecule has 10 nitrogen and oxygen atoms in total. The van der Waals surface area contributed by atoms with Crippen molar-refractivity contribution in [1.82, 2.24) is 0 Å². The first-order valence-electron chi connectivity index (χ1n) is 9.36. The van der Waals surface area contributed by atoms with Crippen LogP contribution in [-0.4, -0.2) is 50.9 Å². The van der Waals surface area contributed by atoms with Crippen molar-refractivity contribution in [1.29, 1.82) is 0 Å². The summed E-state index contributed by atoms with van der Waals surface area (Å²) in [4.78, 5) is 23.6. The molecule has 2 aromatic rings. The quantitative estimate of drug-likeness (QED) is 0.484. The van der Waals surface area contributed by atoms with Crippen LogP contribution in [0.15, 0.2) is 51.4 Å². The van der Waals surface area contributed by atoms with E-state index in [4.69, 9.17) is 9.47 Å². The topological polar surface area (TPSA) is 118 Å². The minimum Gasteiger partial charge on any atom is -0.486 e. The molecule has 1 amide bonds. The van der Waals surface area contributed by atoms with Gasteiger partial charge in [-0.25, -0.2) is 4.99 Å². The second kappa shape index (κ2) is 8.49. The van der Waals surface area contributed by atoms with Crippen LogP contribution in [-0.2, 0) is 4.79 Å². The number of fused-ring (bicyclic) bond motifs is 2. The molecular weight excluding hydrogens is 426 g/mol. The third kappa shape index (κ3) is 4.43. The third-order valence-corrected chi connectivity index (χ3v) is 4.36. The number of hydrogen-bond donors (Lipinski definition) is 3. The van der Waals surface area contributed by atoms with Crippen LogP contribution in [0.3, 0.4) is 0 Å². The number of guanidine groups is 2. The molecule has 2 aromatic carbocycles. The van der Waals surface area contributed by atoms with Crippen molar-refractivity contribution in [2.45, 2.75) is 6.11 Å². The molecule has 0 bridgehead atoms. The maximum atomic E-state index is 13.4. The molecule has 12 heteroatoms. The number of carbonyl (C=O) groups excluding carboxylic acids is 1. The van der Waals surface area contributed by atoms with E-state index in [2.05, 4.69) is 42.4 Å². The van der Waals surface area contributed by atoms with Crippen molar-refractivity contribution in [2.75, 3.05) is 36.2 Å². The Morgan fingerprint density at radius 1 is 1.03 bits per heavy atom. The maximum Gasteiger partial charge on any atom is 0.482 e. The first-order valence-corrected chi connectivity index (χ1v) is 9.36. The zero-order chi connectivity index (χ0) is 22.7. The lowest BCUT2D eigenvalue weighted by Crippen LogP contribution is -2.43. The summed E-state index contributed by atoms with van der Waals surface area (Å²) in [6.07, 6.45) is -3.92. The summed E-state index contributed by atoms with van der Waals surface area (Å²) >= 11 is 0. The van der Waals surface area contributed by atoms with Crippen molar-refractivity contribution in [3.05, 3.63) is 36.4 Å². The van der Waals surface area contributed by atoms with E-state index in [-0.39, 0.29) is 23.4 Å². The van der Waals surface area contributed by atoms with Crippen LogP contribution in [0.5, 0.6) is 17.2 Å². The number of halogens is 2. The number of nitrogens with one attached hydrogen (secondary N) is 3. The van der Waals surface area contributed by atoms with Crippen molar-refractivity contribution >= 4 is 41.6 Å². The van der Waals surface area contributed by atoms with Gasteiger partial charge in [-0.15, -0.1) is 0 Å². The minimum atomic E-state index is -3.92. The second-order valence-corrected chi connectivity index (χ2v) is 6.53. The van der Waals surface area contributed by atoms with E-state index in [0.29, 0.717) is 36.1 Å². The lowest BCUT2D eigenvalue weighted by molar-refractivity contribution is -0.189. The lowest BCUT2D eigenvalue weighted by Gasteiger charge is -2.25. The molecule has 0 radical (unpaired) electrons. The van der Waals surface area contributed by atoms with E-state index in [1.54, 1.807) is 18.2 Å². The Morgan fingerprint density at radius 2 is 1.69 bits per heavy atom. The summed E-state index contributed by atoms with van der Waals surface area (Å²) in [6.45, 7) is 4.45. The van der Waals surface area contributed by atoms with Gasteiger partial charge in [0.1, 0.15) is 13.2 Å². The SMILES string of the molecule is C=NC(=NC(=NC)Nc1ccc2c(c1)NC(=O)C(F)(F)O2)Nc1ccc2c(c1)OCCO2. The number of carbonyl (C=O) groups is 1. The second-order valence-electron chi connectivity index (χ2n) is 6.53. The molecule has 0 saturated carbocycles. The number of rotatable bonds is 2. The largest absolute Gasteiger partial charge is 0.486 e. The van der Waals surface area contributed by atoms with Crippen LogP contribution in [0.25, 0.3) is 0 Å². The number of alkyl halides is 2. The third-order valence-electron chi connectivity index (χ3n) is 4.36. The van der Waals surface area contributed by atoms with Crippen LogP contribution >= 0.6 is 0 Å². The molecule has 0 spiro atoms. The van der Waals surface area contributed by atoms with E-state index in [0.717, 1.165) is 0 Å². The van der Waals surface area contributed by atoms with Crippen LogP contribution in [0, 0.1) is 0 Å². The number of hydrogen-bond acceptors (Lipinski definition) is 5. The number of amides is 1. The van der Waals surface area contributed by atoms with Crippen LogP contribution in [0.2, 0.25) is 0 Å². The number of anilines is 3. The number of nitrogens with zero attached hydrogens (tertiary/aromatic N) is 3. The fourth-order valence-corrected chi connectivity index (χ4v) is 2.89. The highest BCUT2D eigenvalue weighted by molar-refractivity contribution is 6.08. The van der Waals surface area contributed by atoms with Crippen LogP contribution in [0.4, 0.5) is 25.8 Å². The number of aliphatic imine (C=N–C) groups is 3. The van der Waals surface area contributed by atoms with E-state index >= 15 is 0 Å². The predicted molar refractivity (Wildman–Crippen MR) is 116 cm³/mol. The molecule has 2 heterocycles. The molecule has 3 N–H and O–H groups in total. The maximum absolute atomic E-state index is 13.4. The molecule has 0 atom stereocenters. The van der Waals surface area contributed by atoms with Crippen molar-refractivity contribution in [2.24, 2.45) is 15.0 Å². The van der Waals surface area contributed by atoms with Gasteiger partial charge in [-0.05, 0) is 37.0 Å². The fraction of sp³-hybridized carbons (Fsp3) is 0.200. The average Bonchev–Trinajstić information content (AvgIpc) is 2.78. The average molecular weight is 444 g/mol. The molecular formula is C20H18F2N6O4. The molecule has 0 saturated heterocycles. The van der Waals surface area contributed by atoms with E-state index in [1.165, 1.54) is 25.2 Å². The summed E-state index contributed by atoms with van der Waals surface area (Å²) in [5.74, 6) is -0.185. The van der Waals surface area contributed by atoms with Crippen LogP contribution in [0.1, 0.15) is 0 Å². The van der Waals surface area contributed by atoms with Gasteiger partial charge in [-0.1, -0.05) is 0 Å². The smallest absolute Gasteiger partial charge is 0.482 e. The van der Waals surface area contributed by atoms with Gasteiger partial charge >= 0.3 is 12.0 Å². The van der Waals surface area contributed by atoms with Crippen molar-refractivity contribution in [3.63, 3.8) is 0 Å². The molecule has 2 aliphatic rings. The zero-order valence-corrected chi connectivity index (χ0v) is 16.8. The zero-order valence-electron chi connectivity index (χ0n) is 16.8. The monoisotopic (exact) mass is 444 g/mol. The van der Waals surface area contributed by atoms with Gasteiger partial charge in [-0.3, -0.25) is 9.79 Å². The van der Waals surface area contributed by atoms with Crippen LogP contribution < -0.4 is 30.2 Å². The number of ether oxygens (including phenoxy) is 3. The van der Waals surface area contributed by atoms with Gasteiger partial charge in [0, 0.05) is 24.5 Å². The van der Waals surface area contributed by atoms with E-state index in [9.17, 15) is 13.6 Å². The van der Waals surface area contributed by atoms with Gasteiger partial charge < -0.3 is 30.2 Å². The molecule has 0 aliphatic carbocycles. The molecule has 0 unspecified atom stereocenters. The Balaban J connectivity index is 1.49. The molecule has 0 fully saturated rings. The summed E-state index contributed by atoms with van der Waals surface area (Å²) in [5, 5.41) is 8.01. The molecule has 2 aliphatic heterocycles. The predicted octanol–water partition coefficient (Wildman–Crippen LogP) is 2.95. The summed E-state index contributed by atoms with van der Waals surface area (Å²) in [6, 6.07) is 9.46. The molecule has 0 aromatic heterocycles. The van der Waals surface area contributed by atoms with Gasteiger partial charge in [0.25, 0.3) is 0 Å². The summed E-state index contributed by atoms with van der Waals surface area (Å²) in [7, 11) is 1.50. The van der Waals surface area contributed by atoms with Gasteiger partial charge in [-0.2, -0.15) is 13.8 Å². The summed E-state index contributed by atoms with van der Waals surface area (Å²) < 4.78 is 42.2. The summed E-state index contributed by atoms with van der Waals surface area (Å²) in [5.41, 5.74) is 1.15. The number of benzene rings is 2. The Kier molecular flexibility index (Phi) is 5.58. The standard InChI is InChI=1S/C20H18F2N6O4/c1-23-18(25-11-3-5-14-13(9-11)27-17(29)20(21,22)32-14)28-19(24-2)26-12-4-6-15-16(10-12)31-8-7-30-15/h3-6,9-10H,2,7-8H2,1H3,(H,27,29)(H2,23,25,26,28). The lowest BCUT2D eigenvalue weighted by atomic mass is 10.2. The Morgan fingerprint density at radius 3 is 2.41 bits per heavy atom. The van der Waals surface area contributed by atoms with Gasteiger partial charge in [0.05, 0.1) is 5.69 Å². The molecule has 166 valence electrons. The highest BCUT2D eigenvalue weighted by Crippen LogP contribution is 2.37. The van der Waals surface area contributed by atoms with E-state index < -0.39 is 12.0 Å². The first kappa shape index (κ1) is 21.0. The highest BCUT2D eigenvalue weighted by Gasteiger charge is 2.46. The van der Waals surface area contributed by atoms with Crippen molar-refractivity contribution in [3.8, 4) is 17.2 Å². The first-order chi connectivity index (χ1) is 15.4. The molecule has 32 heavy (non-hydrogen) atoms. The Hall–Kier alpha value is -4.22. The Labute approximate surface area is 181 Å². The Bertz CT molecular complexity index is 1140. The molecule has 4 rings (SSSR count). The van der Waals surface area contributed by atoms with Gasteiger partial charge in [0.2, 0.25) is 11.9 Å². The normalized spacial score (nSPS) is 16.9. The highest BCUT2D eigenvalue weighted by atomic mass is 19.3. The van der Waals surface area contributed by atoms with Crippen molar-refractivity contribution < 1.29 is 27.8 Å².